The van der Waals surface area contributed by atoms with Gasteiger partial charge in [0.15, 0.2) is 0 Å². The van der Waals surface area contributed by atoms with Gasteiger partial charge < -0.3 is 4.90 Å². The van der Waals surface area contributed by atoms with Crippen molar-refractivity contribution < 1.29 is 0 Å². The normalized spacial score (nSPS) is 13.3. The molecule has 0 saturated carbocycles. The summed E-state index contributed by atoms with van der Waals surface area (Å²) >= 11 is 7.63. The lowest BCUT2D eigenvalue weighted by Crippen LogP contribution is -2.32. The Labute approximate surface area is 139 Å². The van der Waals surface area contributed by atoms with Gasteiger partial charge in [-0.15, -0.1) is 22.9 Å². The van der Waals surface area contributed by atoms with Crippen LogP contribution in [0, 0.1) is 0 Å². The highest BCUT2D eigenvalue weighted by Crippen LogP contribution is 2.27. The Morgan fingerprint density at radius 1 is 1.14 bits per heavy atom. The van der Waals surface area contributed by atoms with Gasteiger partial charge in [-0.1, -0.05) is 27.7 Å². The van der Waals surface area contributed by atoms with Gasteiger partial charge in [-0.05, 0) is 39.0 Å². The predicted octanol–water partition coefficient (Wildman–Crippen LogP) is 4.39. The lowest BCUT2D eigenvalue weighted by Gasteiger charge is -2.29. The predicted molar refractivity (Wildman–Crippen MR) is 94.4 cm³/mol. The Kier molecular flexibility index (Phi) is 9.49. The van der Waals surface area contributed by atoms with Crippen molar-refractivity contribution in [3.63, 3.8) is 0 Å². The fraction of sp³-hybridized carbons (Fsp3) is 0.812. The third-order valence-corrected chi connectivity index (χ3v) is 5.31. The summed E-state index contributed by atoms with van der Waals surface area (Å²) in [5.74, 6) is 0.515. The van der Waals surface area contributed by atoms with Crippen molar-refractivity contribution in [1.29, 1.82) is 0 Å². The first-order valence-corrected chi connectivity index (χ1v) is 9.58. The number of halogens is 1. The molecule has 0 saturated heterocycles. The summed E-state index contributed by atoms with van der Waals surface area (Å²) in [5.41, 5.74) is 1.01. The Hall–Kier alpha value is -0.160. The lowest BCUT2D eigenvalue weighted by molar-refractivity contribution is 0.185. The zero-order chi connectivity index (χ0) is 15.7. The van der Waals surface area contributed by atoms with Gasteiger partial charge in [0.25, 0.3) is 0 Å². The highest BCUT2D eigenvalue weighted by molar-refractivity contribution is 7.09. The summed E-state index contributed by atoms with van der Waals surface area (Å²) in [4.78, 5) is 9.72. The molecule has 5 heteroatoms. The van der Waals surface area contributed by atoms with Crippen LogP contribution in [0.4, 0.5) is 0 Å². The maximum absolute atomic E-state index is 5.88. The average Bonchev–Trinajstić information content (AvgIpc) is 2.99. The van der Waals surface area contributed by atoms with Crippen LogP contribution in [0.1, 0.15) is 57.3 Å². The standard InChI is InChI=1S/C16H30ClN3S/c1-5-15(16-18-14(12-17)13-21-16)20(8-4)11-9-10-19(6-2)7-3/h13,15H,5-12H2,1-4H3. The molecule has 0 aliphatic carbocycles. The van der Waals surface area contributed by atoms with Crippen molar-refractivity contribution >= 4 is 22.9 Å². The number of rotatable bonds is 11. The van der Waals surface area contributed by atoms with Crippen LogP contribution in [0.2, 0.25) is 0 Å². The summed E-state index contributed by atoms with van der Waals surface area (Å²) in [5, 5.41) is 3.31. The van der Waals surface area contributed by atoms with E-state index >= 15 is 0 Å². The van der Waals surface area contributed by atoms with E-state index in [1.165, 1.54) is 18.0 Å². The monoisotopic (exact) mass is 331 g/mol. The molecule has 0 spiro atoms. The largest absolute Gasteiger partial charge is 0.304 e. The molecule has 1 aromatic rings. The van der Waals surface area contributed by atoms with E-state index in [1.54, 1.807) is 11.3 Å². The fourth-order valence-electron chi connectivity index (χ4n) is 2.70. The number of thiazole rings is 1. The maximum atomic E-state index is 5.88. The highest BCUT2D eigenvalue weighted by atomic mass is 35.5. The summed E-state index contributed by atoms with van der Waals surface area (Å²) in [6.45, 7) is 14.7. The Balaban J connectivity index is 2.58. The van der Waals surface area contributed by atoms with E-state index < -0.39 is 0 Å². The van der Waals surface area contributed by atoms with E-state index in [0.717, 1.165) is 38.3 Å². The highest BCUT2D eigenvalue weighted by Gasteiger charge is 2.20. The lowest BCUT2D eigenvalue weighted by atomic mass is 10.2. The van der Waals surface area contributed by atoms with Gasteiger partial charge in [-0.2, -0.15) is 0 Å². The minimum absolute atomic E-state index is 0.439. The molecule has 21 heavy (non-hydrogen) atoms. The second kappa shape index (κ2) is 10.5. The number of hydrogen-bond acceptors (Lipinski definition) is 4. The smallest absolute Gasteiger partial charge is 0.110 e. The maximum Gasteiger partial charge on any atom is 0.110 e. The van der Waals surface area contributed by atoms with Crippen LogP contribution in [-0.4, -0.2) is 47.5 Å². The fourth-order valence-corrected chi connectivity index (χ4v) is 3.96. The van der Waals surface area contributed by atoms with Crippen LogP contribution in [0.3, 0.4) is 0 Å². The van der Waals surface area contributed by atoms with Crippen LogP contribution in [0.25, 0.3) is 0 Å². The first kappa shape index (κ1) is 18.9. The Morgan fingerprint density at radius 2 is 1.86 bits per heavy atom. The molecule has 0 fully saturated rings. The van der Waals surface area contributed by atoms with Crippen molar-refractivity contribution in [3.8, 4) is 0 Å². The molecule has 0 aromatic carbocycles. The van der Waals surface area contributed by atoms with Crippen molar-refractivity contribution in [2.24, 2.45) is 0 Å². The number of aromatic nitrogens is 1. The molecule has 0 aliphatic rings. The minimum atomic E-state index is 0.439. The van der Waals surface area contributed by atoms with Crippen LogP contribution in [0.5, 0.6) is 0 Å². The average molecular weight is 332 g/mol. The third-order valence-electron chi connectivity index (χ3n) is 4.04. The molecule has 0 aliphatic heterocycles. The van der Waals surface area contributed by atoms with Gasteiger partial charge in [-0.3, -0.25) is 4.90 Å². The molecule has 0 amide bonds. The molecule has 122 valence electrons. The van der Waals surface area contributed by atoms with E-state index in [4.69, 9.17) is 11.6 Å². The van der Waals surface area contributed by atoms with E-state index in [-0.39, 0.29) is 0 Å². The topological polar surface area (TPSA) is 19.4 Å². The second-order valence-electron chi connectivity index (χ2n) is 5.24. The van der Waals surface area contributed by atoms with E-state index in [2.05, 4.69) is 47.9 Å². The van der Waals surface area contributed by atoms with Gasteiger partial charge in [0.1, 0.15) is 5.01 Å². The second-order valence-corrected chi connectivity index (χ2v) is 6.40. The summed E-state index contributed by atoms with van der Waals surface area (Å²) < 4.78 is 0. The van der Waals surface area contributed by atoms with E-state index in [1.807, 2.05) is 0 Å². The van der Waals surface area contributed by atoms with Crippen molar-refractivity contribution in [1.82, 2.24) is 14.8 Å². The molecule has 1 atom stereocenters. The number of alkyl halides is 1. The van der Waals surface area contributed by atoms with Crippen LogP contribution in [-0.2, 0) is 5.88 Å². The van der Waals surface area contributed by atoms with Gasteiger partial charge in [0.2, 0.25) is 0 Å². The summed E-state index contributed by atoms with van der Waals surface area (Å²) in [6.07, 6.45) is 2.33. The van der Waals surface area contributed by atoms with Crippen LogP contribution in [0.15, 0.2) is 5.38 Å². The quantitative estimate of drug-likeness (QED) is 0.561. The molecular weight excluding hydrogens is 302 g/mol. The molecule has 0 radical (unpaired) electrons. The molecule has 1 aromatic heterocycles. The molecule has 0 N–H and O–H groups in total. The Morgan fingerprint density at radius 3 is 2.33 bits per heavy atom. The zero-order valence-electron chi connectivity index (χ0n) is 13.9. The number of nitrogens with zero attached hydrogens (tertiary/aromatic N) is 3. The van der Waals surface area contributed by atoms with Gasteiger partial charge in [0, 0.05) is 11.9 Å². The third kappa shape index (κ3) is 5.85. The summed E-state index contributed by atoms with van der Waals surface area (Å²) in [7, 11) is 0. The molecule has 1 unspecified atom stereocenters. The number of hydrogen-bond donors (Lipinski definition) is 0. The molecule has 0 bridgehead atoms. The molecular formula is C16H30ClN3S. The summed E-state index contributed by atoms with van der Waals surface area (Å²) in [6, 6.07) is 0.439. The first-order valence-electron chi connectivity index (χ1n) is 8.16. The van der Waals surface area contributed by atoms with Crippen LogP contribution < -0.4 is 0 Å². The van der Waals surface area contributed by atoms with Gasteiger partial charge >= 0.3 is 0 Å². The van der Waals surface area contributed by atoms with Gasteiger partial charge in [0.05, 0.1) is 17.6 Å². The van der Waals surface area contributed by atoms with Crippen molar-refractivity contribution in [3.05, 3.63) is 16.1 Å². The zero-order valence-corrected chi connectivity index (χ0v) is 15.5. The van der Waals surface area contributed by atoms with Crippen molar-refractivity contribution in [2.45, 2.75) is 52.5 Å². The first-order chi connectivity index (χ1) is 10.2. The van der Waals surface area contributed by atoms with Gasteiger partial charge in [-0.25, -0.2) is 4.98 Å². The minimum Gasteiger partial charge on any atom is -0.304 e. The van der Waals surface area contributed by atoms with Crippen molar-refractivity contribution in [2.75, 3.05) is 32.7 Å². The SMILES string of the molecule is CCC(c1nc(CCl)cs1)N(CC)CCCN(CC)CC. The van der Waals surface area contributed by atoms with Crippen LogP contribution >= 0.6 is 22.9 Å². The molecule has 1 heterocycles. The Bertz CT molecular complexity index is 379. The molecule has 3 nitrogen and oxygen atoms in total. The molecule has 1 rings (SSSR count). The van der Waals surface area contributed by atoms with E-state index in [9.17, 15) is 0 Å². The van der Waals surface area contributed by atoms with E-state index in [0.29, 0.717) is 11.9 Å².